The van der Waals surface area contributed by atoms with Crippen molar-refractivity contribution in [1.29, 1.82) is 0 Å². The van der Waals surface area contributed by atoms with E-state index in [0.717, 1.165) is 59.7 Å². The SMILES string of the molecule is O=C(NCc1ccco1)C1CCN(Cc2c(Cl)ccc3cccnc23)CC1. The van der Waals surface area contributed by atoms with Crippen LogP contribution in [0.3, 0.4) is 0 Å². The van der Waals surface area contributed by atoms with Crippen LogP contribution >= 0.6 is 11.6 Å². The van der Waals surface area contributed by atoms with Crippen molar-refractivity contribution in [3.8, 4) is 0 Å². The maximum absolute atomic E-state index is 12.4. The van der Waals surface area contributed by atoms with Crippen LogP contribution in [0.25, 0.3) is 10.9 Å². The van der Waals surface area contributed by atoms with Crippen molar-refractivity contribution < 1.29 is 9.21 Å². The second-order valence-electron chi connectivity index (χ2n) is 6.95. The minimum Gasteiger partial charge on any atom is -0.467 e. The Bertz CT molecular complexity index is 918. The summed E-state index contributed by atoms with van der Waals surface area (Å²) in [4.78, 5) is 19.3. The molecule has 1 fully saturated rings. The first-order valence-corrected chi connectivity index (χ1v) is 9.63. The quantitative estimate of drug-likeness (QED) is 0.723. The van der Waals surface area contributed by atoms with Gasteiger partial charge >= 0.3 is 0 Å². The lowest BCUT2D eigenvalue weighted by Gasteiger charge is -2.31. The molecule has 0 saturated carbocycles. The number of carbonyl (C=O) groups excluding carboxylic acids is 1. The molecular formula is C21H22ClN3O2. The van der Waals surface area contributed by atoms with E-state index in [1.807, 2.05) is 30.3 Å². The van der Waals surface area contributed by atoms with Crippen LogP contribution in [0.1, 0.15) is 24.2 Å². The minimum absolute atomic E-state index is 0.0531. The van der Waals surface area contributed by atoms with Gasteiger partial charge < -0.3 is 9.73 Å². The Morgan fingerprint density at radius 1 is 1.22 bits per heavy atom. The van der Waals surface area contributed by atoms with Crippen molar-refractivity contribution in [2.24, 2.45) is 5.92 Å². The predicted octanol–water partition coefficient (Wildman–Crippen LogP) is 4.01. The van der Waals surface area contributed by atoms with Gasteiger partial charge in [-0.15, -0.1) is 0 Å². The van der Waals surface area contributed by atoms with Gasteiger partial charge in [0.1, 0.15) is 5.76 Å². The molecule has 1 N–H and O–H groups in total. The van der Waals surface area contributed by atoms with Gasteiger partial charge in [0.2, 0.25) is 5.91 Å². The zero-order valence-electron chi connectivity index (χ0n) is 15.0. The standard InChI is InChI=1S/C21H22ClN3O2/c22-19-6-5-15-3-1-9-23-20(15)18(19)14-25-10-7-16(8-11-25)21(26)24-13-17-4-2-12-27-17/h1-6,9,12,16H,7-8,10-11,13-14H2,(H,24,26). The summed E-state index contributed by atoms with van der Waals surface area (Å²) in [6, 6.07) is 11.6. The first-order valence-electron chi connectivity index (χ1n) is 9.25. The number of benzene rings is 1. The predicted molar refractivity (Wildman–Crippen MR) is 105 cm³/mol. The lowest BCUT2D eigenvalue weighted by atomic mass is 9.95. The number of piperidine rings is 1. The fraction of sp³-hybridized carbons (Fsp3) is 0.333. The Balaban J connectivity index is 1.35. The normalized spacial score (nSPS) is 15.9. The Hall–Kier alpha value is -2.37. The van der Waals surface area contributed by atoms with Crippen LogP contribution in [0.15, 0.2) is 53.3 Å². The third-order valence-electron chi connectivity index (χ3n) is 5.18. The molecule has 27 heavy (non-hydrogen) atoms. The maximum Gasteiger partial charge on any atom is 0.223 e. The minimum atomic E-state index is 0.0531. The molecule has 2 aromatic heterocycles. The second-order valence-corrected chi connectivity index (χ2v) is 7.36. The first-order chi connectivity index (χ1) is 13.2. The first kappa shape index (κ1) is 18.0. The lowest BCUT2D eigenvalue weighted by Crippen LogP contribution is -2.40. The van der Waals surface area contributed by atoms with Gasteiger partial charge in [-0.3, -0.25) is 14.7 Å². The van der Waals surface area contributed by atoms with Crippen molar-refractivity contribution in [2.45, 2.75) is 25.9 Å². The average molecular weight is 384 g/mol. The molecule has 0 atom stereocenters. The van der Waals surface area contributed by atoms with Gasteiger partial charge in [-0.2, -0.15) is 0 Å². The highest BCUT2D eigenvalue weighted by molar-refractivity contribution is 6.32. The van der Waals surface area contributed by atoms with E-state index < -0.39 is 0 Å². The van der Waals surface area contributed by atoms with E-state index in [4.69, 9.17) is 16.0 Å². The smallest absolute Gasteiger partial charge is 0.223 e. The van der Waals surface area contributed by atoms with E-state index in [-0.39, 0.29) is 11.8 Å². The molecule has 5 nitrogen and oxygen atoms in total. The molecule has 0 unspecified atom stereocenters. The number of nitrogens with one attached hydrogen (secondary N) is 1. The number of rotatable bonds is 5. The molecule has 4 rings (SSSR count). The van der Waals surface area contributed by atoms with Gasteiger partial charge in [-0.05, 0) is 50.2 Å². The molecule has 0 radical (unpaired) electrons. The third kappa shape index (κ3) is 4.15. The molecule has 1 aliphatic heterocycles. The van der Waals surface area contributed by atoms with E-state index in [1.165, 1.54) is 0 Å². The van der Waals surface area contributed by atoms with Gasteiger partial charge in [0, 0.05) is 34.6 Å². The number of amides is 1. The Morgan fingerprint density at radius 2 is 2.07 bits per heavy atom. The second kappa shape index (κ2) is 8.11. The van der Waals surface area contributed by atoms with Gasteiger partial charge in [0.15, 0.2) is 0 Å². The number of halogens is 1. The van der Waals surface area contributed by atoms with Crippen LogP contribution in [0.4, 0.5) is 0 Å². The summed E-state index contributed by atoms with van der Waals surface area (Å²) >= 11 is 6.45. The van der Waals surface area contributed by atoms with Crippen LogP contribution in [-0.2, 0) is 17.9 Å². The third-order valence-corrected chi connectivity index (χ3v) is 5.53. The summed E-state index contributed by atoms with van der Waals surface area (Å²) in [5.74, 6) is 0.937. The topological polar surface area (TPSA) is 58.4 Å². The molecule has 1 aliphatic rings. The number of hydrogen-bond acceptors (Lipinski definition) is 4. The maximum atomic E-state index is 12.4. The number of pyridine rings is 1. The number of nitrogens with zero attached hydrogens (tertiary/aromatic N) is 2. The van der Waals surface area contributed by atoms with Crippen LogP contribution < -0.4 is 5.32 Å². The summed E-state index contributed by atoms with van der Waals surface area (Å²) < 4.78 is 5.26. The summed E-state index contributed by atoms with van der Waals surface area (Å²) in [7, 11) is 0. The number of aromatic nitrogens is 1. The molecule has 1 amide bonds. The van der Waals surface area contributed by atoms with Crippen molar-refractivity contribution in [3.63, 3.8) is 0 Å². The molecular weight excluding hydrogens is 362 g/mol. The molecule has 3 heterocycles. The molecule has 0 aliphatic carbocycles. The van der Waals surface area contributed by atoms with E-state index >= 15 is 0 Å². The van der Waals surface area contributed by atoms with Gasteiger partial charge in [-0.25, -0.2) is 0 Å². The monoisotopic (exact) mass is 383 g/mol. The van der Waals surface area contributed by atoms with E-state index in [2.05, 4.69) is 21.3 Å². The van der Waals surface area contributed by atoms with Crippen LogP contribution in [0.5, 0.6) is 0 Å². The number of hydrogen-bond donors (Lipinski definition) is 1. The Kier molecular flexibility index (Phi) is 5.41. The van der Waals surface area contributed by atoms with E-state index in [0.29, 0.717) is 6.54 Å². The molecule has 0 bridgehead atoms. The van der Waals surface area contributed by atoms with Crippen molar-refractivity contribution in [3.05, 3.63) is 65.2 Å². The van der Waals surface area contributed by atoms with E-state index in [9.17, 15) is 4.79 Å². The fourth-order valence-corrected chi connectivity index (χ4v) is 3.85. The molecule has 3 aromatic rings. The molecule has 6 heteroatoms. The highest BCUT2D eigenvalue weighted by Gasteiger charge is 2.25. The highest BCUT2D eigenvalue weighted by Crippen LogP contribution is 2.27. The number of carbonyl (C=O) groups is 1. The molecule has 1 saturated heterocycles. The highest BCUT2D eigenvalue weighted by atomic mass is 35.5. The molecule has 140 valence electrons. The van der Waals surface area contributed by atoms with Crippen molar-refractivity contribution >= 4 is 28.4 Å². The zero-order valence-corrected chi connectivity index (χ0v) is 15.8. The average Bonchev–Trinajstić information content (AvgIpc) is 3.22. The summed E-state index contributed by atoms with van der Waals surface area (Å²) in [5, 5.41) is 4.82. The molecule has 0 spiro atoms. The lowest BCUT2D eigenvalue weighted by molar-refractivity contribution is -0.126. The Labute approximate surface area is 163 Å². The summed E-state index contributed by atoms with van der Waals surface area (Å²) in [6.45, 7) is 2.95. The number of furan rings is 1. The van der Waals surface area contributed by atoms with E-state index in [1.54, 1.807) is 12.5 Å². The number of likely N-dealkylation sites (tertiary alicyclic amines) is 1. The van der Waals surface area contributed by atoms with Gasteiger partial charge in [0.05, 0.1) is 18.3 Å². The largest absolute Gasteiger partial charge is 0.467 e. The van der Waals surface area contributed by atoms with Crippen molar-refractivity contribution in [1.82, 2.24) is 15.2 Å². The van der Waals surface area contributed by atoms with Crippen molar-refractivity contribution in [2.75, 3.05) is 13.1 Å². The van der Waals surface area contributed by atoms with Gasteiger partial charge in [-0.1, -0.05) is 23.7 Å². The fourth-order valence-electron chi connectivity index (χ4n) is 3.64. The summed E-state index contributed by atoms with van der Waals surface area (Å²) in [5.41, 5.74) is 2.03. The van der Waals surface area contributed by atoms with Crippen LogP contribution in [-0.4, -0.2) is 28.9 Å². The van der Waals surface area contributed by atoms with Gasteiger partial charge in [0.25, 0.3) is 0 Å². The number of fused-ring (bicyclic) bond motifs is 1. The Morgan fingerprint density at radius 3 is 2.85 bits per heavy atom. The summed E-state index contributed by atoms with van der Waals surface area (Å²) in [6.07, 6.45) is 5.12. The molecule has 1 aromatic carbocycles. The van der Waals surface area contributed by atoms with Crippen LogP contribution in [0.2, 0.25) is 5.02 Å². The zero-order chi connectivity index (χ0) is 18.6. The van der Waals surface area contributed by atoms with Crippen LogP contribution in [0, 0.1) is 5.92 Å².